The molecule has 6 atom stereocenters. The third kappa shape index (κ3) is 3.29. The van der Waals surface area contributed by atoms with E-state index in [1.54, 1.807) is 5.71 Å². The summed E-state index contributed by atoms with van der Waals surface area (Å²) in [7, 11) is 0. The van der Waals surface area contributed by atoms with Crippen molar-refractivity contribution in [1.82, 2.24) is 0 Å². The number of aliphatic imine (C=N–C) groups is 1. The summed E-state index contributed by atoms with van der Waals surface area (Å²) < 4.78 is 0. The molecule has 2 N–H and O–H groups in total. The monoisotopic (exact) mass is 358 g/mol. The van der Waals surface area contributed by atoms with Crippen LogP contribution >= 0.6 is 0 Å². The van der Waals surface area contributed by atoms with Gasteiger partial charge in [0, 0.05) is 12.3 Å². The van der Waals surface area contributed by atoms with Gasteiger partial charge in [0.05, 0.1) is 0 Å². The average molecular weight is 359 g/mol. The summed E-state index contributed by atoms with van der Waals surface area (Å²) in [5, 5.41) is 0. The molecule has 0 bridgehead atoms. The zero-order chi connectivity index (χ0) is 18.2. The van der Waals surface area contributed by atoms with Gasteiger partial charge in [0.1, 0.15) is 0 Å². The predicted molar refractivity (Wildman–Crippen MR) is 112 cm³/mol. The molecule has 0 aromatic heterocycles. The summed E-state index contributed by atoms with van der Waals surface area (Å²) >= 11 is 0. The van der Waals surface area contributed by atoms with Gasteiger partial charge >= 0.3 is 0 Å². The van der Waals surface area contributed by atoms with Crippen LogP contribution in [0.5, 0.6) is 0 Å². The Morgan fingerprint density at radius 2 is 1.85 bits per heavy atom. The van der Waals surface area contributed by atoms with Gasteiger partial charge in [-0.25, -0.2) is 0 Å². The molecule has 6 unspecified atom stereocenters. The van der Waals surface area contributed by atoms with E-state index in [0.29, 0.717) is 10.8 Å². The van der Waals surface area contributed by atoms with Gasteiger partial charge < -0.3 is 5.73 Å². The topological polar surface area (TPSA) is 38.4 Å². The summed E-state index contributed by atoms with van der Waals surface area (Å²) in [6, 6.07) is 0. The zero-order valence-electron chi connectivity index (χ0n) is 17.4. The maximum Gasteiger partial charge on any atom is 0.0388 e. The average Bonchev–Trinajstić information content (AvgIpc) is 3.03. The predicted octanol–water partition coefficient (Wildman–Crippen LogP) is 5.99. The second-order valence-corrected chi connectivity index (χ2v) is 10.7. The van der Waals surface area contributed by atoms with Crippen molar-refractivity contribution in [3.63, 3.8) is 0 Å². The van der Waals surface area contributed by atoms with Gasteiger partial charge in [-0.3, -0.25) is 4.99 Å². The van der Waals surface area contributed by atoms with E-state index in [2.05, 4.69) is 13.8 Å². The fourth-order valence-electron chi connectivity index (χ4n) is 7.87. The summed E-state index contributed by atoms with van der Waals surface area (Å²) in [4.78, 5) is 5.02. The highest BCUT2D eigenvalue weighted by molar-refractivity contribution is 5.85. The van der Waals surface area contributed by atoms with E-state index in [1.165, 1.54) is 77.0 Å². The van der Waals surface area contributed by atoms with E-state index in [9.17, 15) is 0 Å². The van der Waals surface area contributed by atoms with Crippen molar-refractivity contribution in [2.75, 3.05) is 13.1 Å². The van der Waals surface area contributed by atoms with E-state index in [0.717, 1.165) is 43.2 Å². The Labute approximate surface area is 161 Å². The van der Waals surface area contributed by atoms with E-state index in [4.69, 9.17) is 10.7 Å². The van der Waals surface area contributed by atoms with Crippen LogP contribution in [0.25, 0.3) is 0 Å². The lowest BCUT2D eigenvalue weighted by molar-refractivity contribution is -0.0918. The van der Waals surface area contributed by atoms with Crippen LogP contribution in [-0.4, -0.2) is 18.8 Å². The molecule has 0 aliphatic heterocycles. The van der Waals surface area contributed by atoms with Crippen molar-refractivity contribution < 1.29 is 0 Å². The van der Waals surface area contributed by atoms with Crippen LogP contribution in [0.4, 0.5) is 0 Å². The van der Waals surface area contributed by atoms with Crippen LogP contribution in [0.15, 0.2) is 4.99 Å². The summed E-state index contributed by atoms with van der Waals surface area (Å²) in [5.41, 5.74) is 8.48. The van der Waals surface area contributed by atoms with E-state index >= 15 is 0 Å². The molecule has 2 heteroatoms. The fourth-order valence-corrected chi connectivity index (χ4v) is 7.87. The van der Waals surface area contributed by atoms with E-state index in [-0.39, 0.29) is 0 Å². The Hall–Kier alpha value is -0.370. The van der Waals surface area contributed by atoms with Crippen LogP contribution in [-0.2, 0) is 0 Å². The lowest BCUT2D eigenvalue weighted by Gasteiger charge is -2.60. The van der Waals surface area contributed by atoms with Crippen molar-refractivity contribution in [3.8, 4) is 0 Å². The molecule has 0 aromatic rings. The largest absolute Gasteiger partial charge is 0.330 e. The number of nitrogens with two attached hydrogens (primary N) is 1. The number of rotatable bonds is 5. The molecule has 0 heterocycles. The van der Waals surface area contributed by atoms with Gasteiger partial charge in [0.2, 0.25) is 0 Å². The maximum absolute atomic E-state index is 5.60. The molecule has 2 nitrogen and oxygen atoms in total. The normalized spacial score (nSPS) is 46.7. The number of nitrogens with zero attached hydrogens (tertiary/aromatic N) is 1. The second-order valence-electron chi connectivity index (χ2n) is 10.7. The number of hydrogen-bond acceptors (Lipinski definition) is 2. The molecule has 4 rings (SSSR count). The van der Waals surface area contributed by atoms with Crippen molar-refractivity contribution in [2.24, 2.45) is 45.2 Å². The Morgan fingerprint density at radius 3 is 2.69 bits per heavy atom. The van der Waals surface area contributed by atoms with Gasteiger partial charge in [-0.05, 0) is 112 Å². The summed E-state index contributed by atoms with van der Waals surface area (Å²) in [6.07, 6.45) is 18.3. The maximum atomic E-state index is 5.60. The first-order chi connectivity index (χ1) is 12.6. The Morgan fingerprint density at radius 1 is 0.962 bits per heavy atom. The third-order valence-corrected chi connectivity index (χ3v) is 9.48. The molecular weight excluding hydrogens is 316 g/mol. The summed E-state index contributed by atoms with van der Waals surface area (Å²) in [5.74, 6) is 4.04. The van der Waals surface area contributed by atoms with E-state index in [1.807, 2.05) is 0 Å². The summed E-state index contributed by atoms with van der Waals surface area (Å²) in [6.45, 7) is 7.20. The quantitative estimate of drug-likeness (QED) is 0.602. The molecule has 26 heavy (non-hydrogen) atoms. The van der Waals surface area contributed by atoms with Crippen LogP contribution in [0.2, 0.25) is 0 Å². The van der Waals surface area contributed by atoms with Gasteiger partial charge in [0.25, 0.3) is 0 Å². The van der Waals surface area contributed by atoms with Gasteiger partial charge in [0.15, 0.2) is 0 Å². The highest BCUT2D eigenvalue weighted by Crippen LogP contribution is 2.65. The van der Waals surface area contributed by atoms with Gasteiger partial charge in [-0.15, -0.1) is 0 Å². The second kappa shape index (κ2) is 7.57. The number of fused-ring (bicyclic) bond motifs is 5. The number of hydrogen-bond donors (Lipinski definition) is 1. The van der Waals surface area contributed by atoms with Crippen molar-refractivity contribution in [1.29, 1.82) is 0 Å². The van der Waals surface area contributed by atoms with Crippen molar-refractivity contribution in [2.45, 2.75) is 97.3 Å². The highest BCUT2D eigenvalue weighted by atomic mass is 14.7. The molecule has 4 aliphatic rings. The molecule has 0 saturated heterocycles. The van der Waals surface area contributed by atoms with Crippen LogP contribution in [0, 0.1) is 34.5 Å². The first-order valence-electron chi connectivity index (χ1n) is 11.8. The zero-order valence-corrected chi connectivity index (χ0v) is 17.4. The standard InChI is InChI=1S/C24H42N2/c1-23-12-6-7-21(23)20-9-8-18-17-19(26-16-5-3-4-15-25)10-14-24(18,2)22(20)11-13-23/h18,20-22H,3-17,25H2,1-2H3. The highest BCUT2D eigenvalue weighted by Gasteiger charge is 2.57. The van der Waals surface area contributed by atoms with Gasteiger partial charge in [-0.1, -0.05) is 26.7 Å². The molecule has 4 saturated carbocycles. The molecule has 148 valence electrons. The van der Waals surface area contributed by atoms with Crippen molar-refractivity contribution in [3.05, 3.63) is 0 Å². The fraction of sp³-hybridized carbons (Fsp3) is 0.958. The molecule has 0 aromatic carbocycles. The van der Waals surface area contributed by atoms with Crippen LogP contribution < -0.4 is 5.73 Å². The third-order valence-electron chi connectivity index (χ3n) is 9.48. The molecule has 0 spiro atoms. The van der Waals surface area contributed by atoms with E-state index < -0.39 is 0 Å². The Kier molecular flexibility index (Phi) is 5.52. The minimum Gasteiger partial charge on any atom is -0.330 e. The van der Waals surface area contributed by atoms with Gasteiger partial charge in [-0.2, -0.15) is 0 Å². The molecule has 0 amide bonds. The molecular formula is C24H42N2. The molecule has 0 radical (unpaired) electrons. The lowest BCUT2D eigenvalue weighted by Crippen LogP contribution is -2.52. The minimum atomic E-state index is 0.616. The first kappa shape index (κ1) is 19.0. The first-order valence-corrected chi connectivity index (χ1v) is 11.8. The molecule has 4 fully saturated rings. The Bertz CT molecular complexity index is 526. The van der Waals surface area contributed by atoms with Crippen molar-refractivity contribution >= 4 is 5.71 Å². The Balaban J connectivity index is 1.40. The number of unbranched alkanes of at least 4 members (excludes halogenated alkanes) is 2. The lowest BCUT2D eigenvalue weighted by atomic mass is 9.45. The SMILES string of the molecule is CC12CCCC1C1CCC3CC(=NCCCCCN)CCC3(C)C1CC2. The van der Waals surface area contributed by atoms with Crippen LogP contribution in [0.1, 0.15) is 97.3 Å². The minimum absolute atomic E-state index is 0.616. The molecule has 4 aliphatic carbocycles. The smallest absolute Gasteiger partial charge is 0.0388 e. The van der Waals surface area contributed by atoms with Crippen LogP contribution in [0.3, 0.4) is 0 Å².